The van der Waals surface area contributed by atoms with Crippen LogP contribution in [0.3, 0.4) is 0 Å². The Morgan fingerprint density at radius 1 is 1.02 bits per heavy atom. The SMILES string of the molecule is C[C@@H](/C=C/CCn1cc(CCO)nn1)[C@]1(O)C(=O)N(Cc2cccc(N3C(=O)c4cccc5cccc3c45)c2)c2ccc([N+](=O)[O-])cc21. The first kappa shape index (κ1) is 30.9. The monoisotopic (exact) mass is 644 g/mol. The number of benzene rings is 4. The van der Waals surface area contributed by atoms with Gasteiger partial charge in [0.15, 0.2) is 5.60 Å². The molecule has 2 N–H and O–H groups in total. The highest BCUT2D eigenvalue weighted by Crippen LogP contribution is 2.47. The molecule has 0 saturated heterocycles. The predicted octanol–water partition coefficient (Wildman–Crippen LogP) is 5.18. The van der Waals surface area contributed by atoms with E-state index in [1.54, 1.807) is 28.8 Å². The number of allylic oxidation sites excluding steroid dienone is 1. The van der Waals surface area contributed by atoms with E-state index in [1.165, 1.54) is 23.1 Å². The first-order valence-corrected chi connectivity index (χ1v) is 15.7. The van der Waals surface area contributed by atoms with Crippen molar-refractivity contribution in [2.45, 2.75) is 38.5 Å². The van der Waals surface area contributed by atoms with Gasteiger partial charge in [-0.25, -0.2) is 0 Å². The summed E-state index contributed by atoms with van der Waals surface area (Å²) in [5.74, 6) is -1.47. The number of aromatic nitrogens is 3. The number of hydrogen-bond donors (Lipinski definition) is 2. The fourth-order valence-electron chi connectivity index (χ4n) is 6.68. The second-order valence-corrected chi connectivity index (χ2v) is 12.1. The van der Waals surface area contributed by atoms with E-state index in [1.807, 2.05) is 66.7 Å². The van der Waals surface area contributed by atoms with Gasteiger partial charge in [-0.1, -0.05) is 60.7 Å². The molecule has 2 aliphatic rings. The normalized spacial score (nSPS) is 17.6. The first-order chi connectivity index (χ1) is 23.2. The molecule has 12 nitrogen and oxygen atoms in total. The van der Waals surface area contributed by atoms with Crippen LogP contribution in [0.4, 0.5) is 22.7 Å². The number of aliphatic hydroxyl groups is 2. The third kappa shape index (κ3) is 5.11. The number of carbonyl (C=O) groups excluding carboxylic acids is 2. The van der Waals surface area contributed by atoms with Gasteiger partial charge in [0.1, 0.15) is 0 Å². The average Bonchev–Trinajstić information content (AvgIpc) is 3.72. The zero-order valence-corrected chi connectivity index (χ0v) is 26.1. The summed E-state index contributed by atoms with van der Waals surface area (Å²) in [4.78, 5) is 42.0. The van der Waals surface area contributed by atoms with Crippen molar-refractivity contribution in [1.82, 2.24) is 15.0 Å². The summed E-state index contributed by atoms with van der Waals surface area (Å²) in [6.45, 7) is 2.25. The van der Waals surface area contributed by atoms with E-state index in [0.717, 1.165) is 16.5 Å². The van der Waals surface area contributed by atoms with Gasteiger partial charge < -0.3 is 15.1 Å². The standard InChI is InChI=1S/C36H32N6O6/c1-23(7-2-3-17-39-22-26(16-18-43)37-38-39)36(46)30-20-28(42(47)48)14-15-31(30)40(35(36)45)21-24-8-4-11-27(19-24)41-32-13-6-10-25-9-5-12-29(33(25)32)34(41)44/h2,4-15,19-20,22-23,43,46H,3,16-18,21H2,1H3/b7-2+/t23-,36+/m0/s1. The number of non-ortho nitro benzene ring substituents is 1. The maximum absolute atomic E-state index is 14.2. The number of hydrogen-bond acceptors (Lipinski definition) is 8. The predicted molar refractivity (Wildman–Crippen MR) is 179 cm³/mol. The lowest BCUT2D eigenvalue weighted by Gasteiger charge is -2.27. The average molecular weight is 645 g/mol. The number of nitrogens with zero attached hydrogens (tertiary/aromatic N) is 6. The Morgan fingerprint density at radius 3 is 2.60 bits per heavy atom. The molecule has 1 aromatic heterocycles. The maximum atomic E-state index is 14.2. The molecule has 0 fully saturated rings. The Morgan fingerprint density at radius 2 is 1.81 bits per heavy atom. The van der Waals surface area contributed by atoms with Gasteiger partial charge in [-0.2, -0.15) is 0 Å². The number of anilines is 3. The van der Waals surface area contributed by atoms with Crippen molar-refractivity contribution >= 4 is 45.3 Å². The van der Waals surface area contributed by atoms with Crippen molar-refractivity contribution in [3.05, 3.63) is 130 Å². The molecule has 5 aromatic rings. The van der Waals surface area contributed by atoms with E-state index in [9.17, 15) is 24.8 Å². The molecule has 48 heavy (non-hydrogen) atoms. The summed E-state index contributed by atoms with van der Waals surface area (Å²) in [5.41, 5.74) is 1.69. The zero-order valence-electron chi connectivity index (χ0n) is 26.1. The van der Waals surface area contributed by atoms with Crippen molar-refractivity contribution in [3.8, 4) is 0 Å². The topological polar surface area (TPSA) is 155 Å². The van der Waals surface area contributed by atoms with Crippen LogP contribution >= 0.6 is 0 Å². The number of amides is 2. The molecule has 2 atom stereocenters. The number of aryl methyl sites for hydroxylation is 1. The van der Waals surface area contributed by atoms with E-state index >= 15 is 0 Å². The minimum absolute atomic E-state index is 0.0193. The Bertz CT molecular complexity index is 2120. The zero-order chi connectivity index (χ0) is 33.6. The van der Waals surface area contributed by atoms with Crippen LogP contribution in [-0.2, 0) is 29.9 Å². The second kappa shape index (κ2) is 12.1. The molecule has 7 rings (SSSR count). The third-order valence-electron chi connectivity index (χ3n) is 9.09. The number of nitro groups is 1. The number of carbonyl (C=O) groups is 2. The van der Waals surface area contributed by atoms with Crippen LogP contribution in [0.15, 0.2) is 97.2 Å². The Kier molecular flexibility index (Phi) is 7.82. The molecule has 3 heterocycles. The number of aliphatic hydroxyl groups excluding tert-OH is 1. The highest BCUT2D eigenvalue weighted by molar-refractivity contribution is 6.27. The molecule has 2 amide bonds. The van der Waals surface area contributed by atoms with Crippen LogP contribution in [0.2, 0.25) is 0 Å². The molecule has 4 aromatic carbocycles. The van der Waals surface area contributed by atoms with Crippen molar-refractivity contribution in [2.24, 2.45) is 5.92 Å². The molecule has 0 spiro atoms. The Balaban J connectivity index is 1.16. The summed E-state index contributed by atoms with van der Waals surface area (Å²) in [6, 6.07) is 22.9. The van der Waals surface area contributed by atoms with Crippen molar-refractivity contribution < 1.29 is 24.7 Å². The van der Waals surface area contributed by atoms with Gasteiger partial charge >= 0.3 is 0 Å². The number of nitro benzene ring substituents is 1. The molecule has 2 aliphatic heterocycles. The lowest BCUT2D eigenvalue weighted by molar-refractivity contribution is -0.385. The minimum atomic E-state index is -2.06. The molecular weight excluding hydrogens is 612 g/mol. The summed E-state index contributed by atoms with van der Waals surface area (Å²) >= 11 is 0. The van der Waals surface area contributed by atoms with E-state index < -0.39 is 22.3 Å². The smallest absolute Gasteiger partial charge is 0.269 e. The fraction of sp³-hybridized carbons (Fsp3) is 0.222. The number of fused-ring (bicyclic) bond motifs is 1. The van der Waals surface area contributed by atoms with Crippen molar-refractivity contribution in [3.63, 3.8) is 0 Å². The van der Waals surface area contributed by atoms with E-state index in [4.69, 9.17) is 5.11 Å². The molecule has 0 aliphatic carbocycles. The van der Waals surface area contributed by atoms with Crippen molar-refractivity contribution in [1.29, 1.82) is 0 Å². The summed E-state index contributed by atoms with van der Waals surface area (Å²) < 4.78 is 1.65. The lowest BCUT2D eigenvalue weighted by Crippen LogP contribution is -2.44. The van der Waals surface area contributed by atoms with Gasteiger partial charge in [0.05, 0.1) is 34.1 Å². The Labute approximate surface area is 275 Å². The Hall–Kier alpha value is -5.72. The van der Waals surface area contributed by atoms with Gasteiger partial charge in [-0.3, -0.25) is 29.3 Å². The fourth-order valence-corrected chi connectivity index (χ4v) is 6.68. The van der Waals surface area contributed by atoms with Crippen LogP contribution in [0.5, 0.6) is 0 Å². The van der Waals surface area contributed by atoms with Gasteiger partial charge in [0, 0.05) is 60.5 Å². The molecular formula is C36H32N6O6. The summed E-state index contributed by atoms with van der Waals surface area (Å²) in [7, 11) is 0. The van der Waals surface area contributed by atoms with E-state index in [0.29, 0.717) is 47.6 Å². The van der Waals surface area contributed by atoms with Crippen LogP contribution < -0.4 is 9.80 Å². The van der Waals surface area contributed by atoms with Crippen molar-refractivity contribution in [2.75, 3.05) is 16.4 Å². The summed E-state index contributed by atoms with van der Waals surface area (Å²) in [5, 5.41) is 42.8. The van der Waals surface area contributed by atoms with Crippen LogP contribution in [0.1, 0.15) is 40.5 Å². The highest BCUT2D eigenvalue weighted by Gasteiger charge is 2.53. The minimum Gasteiger partial charge on any atom is -0.396 e. The van der Waals surface area contributed by atoms with Gasteiger partial charge in [-0.05, 0) is 47.7 Å². The molecule has 0 saturated carbocycles. The molecule has 242 valence electrons. The van der Waals surface area contributed by atoms with Crippen LogP contribution in [0, 0.1) is 16.0 Å². The lowest BCUT2D eigenvalue weighted by atomic mass is 9.82. The van der Waals surface area contributed by atoms with Gasteiger partial charge in [0.25, 0.3) is 17.5 Å². The molecule has 0 bridgehead atoms. The first-order valence-electron chi connectivity index (χ1n) is 15.7. The maximum Gasteiger partial charge on any atom is 0.269 e. The second-order valence-electron chi connectivity index (χ2n) is 12.1. The highest BCUT2D eigenvalue weighted by atomic mass is 16.6. The van der Waals surface area contributed by atoms with E-state index in [2.05, 4.69) is 10.3 Å². The molecule has 0 unspecified atom stereocenters. The molecule has 12 heteroatoms. The third-order valence-corrected chi connectivity index (χ3v) is 9.09. The quantitative estimate of drug-likeness (QED) is 0.113. The molecule has 0 radical (unpaired) electrons. The van der Waals surface area contributed by atoms with Gasteiger partial charge in [-0.15, -0.1) is 5.10 Å². The van der Waals surface area contributed by atoms with Crippen LogP contribution in [-0.4, -0.2) is 48.6 Å². The summed E-state index contributed by atoms with van der Waals surface area (Å²) in [6.07, 6.45) is 6.26. The largest absolute Gasteiger partial charge is 0.396 e. The van der Waals surface area contributed by atoms with Crippen LogP contribution in [0.25, 0.3) is 10.8 Å². The number of rotatable bonds is 11. The van der Waals surface area contributed by atoms with Gasteiger partial charge in [0.2, 0.25) is 0 Å². The van der Waals surface area contributed by atoms with E-state index in [-0.39, 0.29) is 30.3 Å².